The molecular formula is C14H12N6. The molecule has 0 fully saturated rings. The van der Waals surface area contributed by atoms with Gasteiger partial charge in [0, 0.05) is 0 Å². The Labute approximate surface area is 115 Å². The SMILES string of the molecule is N#CCc1nc2ccccc2n1Cc1cnc(N)cn1. The monoisotopic (exact) mass is 264 g/mol. The zero-order valence-corrected chi connectivity index (χ0v) is 10.7. The van der Waals surface area contributed by atoms with E-state index in [1.807, 2.05) is 28.8 Å². The molecule has 98 valence electrons. The molecule has 0 aliphatic carbocycles. The summed E-state index contributed by atoms with van der Waals surface area (Å²) in [5.74, 6) is 1.12. The summed E-state index contributed by atoms with van der Waals surface area (Å²) in [5, 5.41) is 8.92. The Balaban J connectivity index is 2.06. The number of fused-ring (bicyclic) bond motifs is 1. The van der Waals surface area contributed by atoms with E-state index < -0.39 is 0 Å². The molecule has 6 heteroatoms. The van der Waals surface area contributed by atoms with Gasteiger partial charge in [-0.05, 0) is 12.1 Å². The third-order valence-corrected chi connectivity index (χ3v) is 3.02. The standard InChI is InChI=1S/C14H12N6/c15-6-5-14-19-11-3-1-2-4-12(11)20(14)9-10-7-18-13(16)8-17-10/h1-4,7-8H,5,9H2,(H2,16,18). The van der Waals surface area contributed by atoms with Crippen LogP contribution in [-0.4, -0.2) is 19.5 Å². The molecule has 0 bridgehead atoms. The number of anilines is 1. The summed E-state index contributed by atoms with van der Waals surface area (Å²) in [4.78, 5) is 12.8. The first-order valence-corrected chi connectivity index (χ1v) is 6.15. The van der Waals surface area contributed by atoms with Gasteiger partial charge in [0.2, 0.25) is 0 Å². The summed E-state index contributed by atoms with van der Waals surface area (Å²) in [5.41, 5.74) is 8.17. The van der Waals surface area contributed by atoms with Gasteiger partial charge < -0.3 is 10.3 Å². The van der Waals surface area contributed by atoms with Crippen molar-refractivity contribution < 1.29 is 0 Å². The quantitative estimate of drug-likeness (QED) is 0.774. The first kappa shape index (κ1) is 12.1. The molecule has 0 unspecified atom stereocenters. The maximum atomic E-state index is 8.92. The van der Waals surface area contributed by atoms with Gasteiger partial charge in [-0.3, -0.25) is 4.98 Å². The second-order valence-corrected chi connectivity index (χ2v) is 4.37. The molecule has 20 heavy (non-hydrogen) atoms. The average Bonchev–Trinajstić information content (AvgIpc) is 2.80. The predicted molar refractivity (Wildman–Crippen MR) is 74.6 cm³/mol. The van der Waals surface area contributed by atoms with Crippen molar-refractivity contribution in [1.82, 2.24) is 19.5 Å². The molecule has 6 nitrogen and oxygen atoms in total. The normalized spacial score (nSPS) is 10.6. The van der Waals surface area contributed by atoms with Crippen LogP contribution in [-0.2, 0) is 13.0 Å². The largest absolute Gasteiger partial charge is 0.382 e. The Kier molecular flexibility index (Phi) is 3.01. The topological polar surface area (TPSA) is 93.4 Å². The predicted octanol–water partition coefficient (Wildman–Crippen LogP) is 1.52. The Morgan fingerprint density at radius 1 is 1.20 bits per heavy atom. The van der Waals surface area contributed by atoms with Gasteiger partial charge in [-0.25, -0.2) is 9.97 Å². The summed E-state index contributed by atoms with van der Waals surface area (Å²) in [6.45, 7) is 0.519. The van der Waals surface area contributed by atoms with Crippen LogP contribution in [0.2, 0.25) is 0 Å². The molecule has 2 N–H and O–H groups in total. The highest BCUT2D eigenvalue weighted by Gasteiger charge is 2.11. The molecule has 2 heterocycles. The first-order chi connectivity index (χ1) is 9.78. The minimum Gasteiger partial charge on any atom is -0.382 e. The molecule has 0 aliphatic rings. The van der Waals surface area contributed by atoms with Crippen LogP contribution in [0, 0.1) is 11.3 Å². The fraction of sp³-hybridized carbons (Fsp3) is 0.143. The van der Waals surface area contributed by atoms with Crippen LogP contribution in [0.3, 0.4) is 0 Å². The lowest BCUT2D eigenvalue weighted by Crippen LogP contribution is -2.07. The number of hydrogen-bond acceptors (Lipinski definition) is 5. The smallest absolute Gasteiger partial charge is 0.141 e. The molecule has 0 saturated carbocycles. The first-order valence-electron chi connectivity index (χ1n) is 6.15. The van der Waals surface area contributed by atoms with Gasteiger partial charge in [-0.15, -0.1) is 0 Å². The van der Waals surface area contributed by atoms with Gasteiger partial charge >= 0.3 is 0 Å². The maximum absolute atomic E-state index is 8.92. The fourth-order valence-electron chi connectivity index (χ4n) is 2.12. The lowest BCUT2D eigenvalue weighted by Gasteiger charge is -2.06. The molecular weight excluding hydrogens is 252 g/mol. The van der Waals surface area contributed by atoms with Crippen molar-refractivity contribution in [3.05, 3.63) is 48.2 Å². The van der Waals surface area contributed by atoms with Crippen molar-refractivity contribution in [3.8, 4) is 6.07 Å². The number of nitrogens with zero attached hydrogens (tertiary/aromatic N) is 5. The van der Waals surface area contributed by atoms with E-state index in [0.29, 0.717) is 12.4 Å². The second kappa shape index (κ2) is 4.97. The van der Waals surface area contributed by atoms with Crippen LogP contribution >= 0.6 is 0 Å². The Hall–Kier alpha value is -2.94. The molecule has 3 rings (SSSR count). The van der Waals surface area contributed by atoms with Gasteiger partial charge in [-0.1, -0.05) is 12.1 Å². The summed E-state index contributed by atoms with van der Waals surface area (Å²) >= 11 is 0. The zero-order chi connectivity index (χ0) is 13.9. The highest BCUT2D eigenvalue weighted by atomic mass is 15.1. The van der Waals surface area contributed by atoms with Crippen LogP contribution < -0.4 is 5.73 Å². The number of nitriles is 1. The fourth-order valence-corrected chi connectivity index (χ4v) is 2.12. The molecule has 0 spiro atoms. The summed E-state index contributed by atoms with van der Waals surface area (Å²) < 4.78 is 1.98. The van der Waals surface area contributed by atoms with Gasteiger partial charge in [0.15, 0.2) is 0 Å². The number of imidazole rings is 1. The number of nitrogen functional groups attached to an aromatic ring is 1. The van der Waals surface area contributed by atoms with Crippen molar-refractivity contribution in [3.63, 3.8) is 0 Å². The Morgan fingerprint density at radius 2 is 2.05 bits per heavy atom. The summed E-state index contributed by atoms with van der Waals surface area (Å²) in [6.07, 6.45) is 3.43. The van der Waals surface area contributed by atoms with Gasteiger partial charge in [-0.2, -0.15) is 5.26 Å². The van der Waals surface area contributed by atoms with Crippen LogP contribution in [0.4, 0.5) is 5.82 Å². The molecule has 3 aromatic rings. The summed E-state index contributed by atoms with van der Waals surface area (Å²) in [7, 11) is 0. The van der Waals surface area contributed by atoms with Crippen molar-refractivity contribution in [2.75, 3.05) is 5.73 Å². The van der Waals surface area contributed by atoms with Crippen LogP contribution in [0.15, 0.2) is 36.7 Å². The summed E-state index contributed by atoms with van der Waals surface area (Å²) in [6, 6.07) is 9.93. The van der Waals surface area contributed by atoms with E-state index in [-0.39, 0.29) is 6.42 Å². The van der Waals surface area contributed by atoms with Crippen molar-refractivity contribution in [1.29, 1.82) is 5.26 Å². The van der Waals surface area contributed by atoms with Crippen LogP contribution in [0.5, 0.6) is 0 Å². The van der Waals surface area contributed by atoms with Gasteiger partial charge in [0.25, 0.3) is 0 Å². The maximum Gasteiger partial charge on any atom is 0.141 e. The minimum absolute atomic E-state index is 0.261. The highest BCUT2D eigenvalue weighted by molar-refractivity contribution is 5.76. The van der Waals surface area contributed by atoms with Crippen molar-refractivity contribution >= 4 is 16.9 Å². The third kappa shape index (κ3) is 2.17. The van der Waals surface area contributed by atoms with E-state index in [9.17, 15) is 0 Å². The van der Waals surface area contributed by atoms with Crippen molar-refractivity contribution in [2.45, 2.75) is 13.0 Å². The van der Waals surface area contributed by atoms with Crippen LogP contribution in [0.1, 0.15) is 11.5 Å². The molecule has 2 aromatic heterocycles. The van der Waals surface area contributed by atoms with Crippen LogP contribution in [0.25, 0.3) is 11.0 Å². The molecule has 0 radical (unpaired) electrons. The number of nitrogens with two attached hydrogens (primary N) is 1. The third-order valence-electron chi connectivity index (χ3n) is 3.02. The van der Waals surface area contributed by atoms with Crippen molar-refractivity contribution in [2.24, 2.45) is 0 Å². The minimum atomic E-state index is 0.261. The second-order valence-electron chi connectivity index (χ2n) is 4.37. The van der Waals surface area contributed by atoms with E-state index in [4.69, 9.17) is 11.0 Å². The average molecular weight is 264 g/mol. The Bertz CT molecular complexity index is 782. The number of hydrogen-bond donors (Lipinski definition) is 1. The number of benzene rings is 1. The Morgan fingerprint density at radius 3 is 2.80 bits per heavy atom. The number of aromatic nitrogens is 4. The van der Waals surface area contributed by atoms with E-state index in [1.165, 1.54) is 6.20 Å². The molecule has 0 aliphatic heterocycles. The zero-order valence-electron chi connectivity index (χ0n) is 10.7. The molecule has 0 amide bonds. The molecule has 0 atom stereocenters. The highest BCUT2D eigenvalue weighted by Crippen LogP contribution is 2.17. The van der Waals surface area contributed by atoms with E-state index in [2.05, 4.69) is 21.0 Å². The molecule has 1 aromatic carbocycles. The number of para-hydroxylation sites is 2. The van der Waals surface area contributed by atoms with Gasteiger partial charge in [0.05, 0.1) is 48.2 Å². The molecule has 0 saturated heterocycles. The number of rotatable bonds is 3. The lowest BCUT2D eigenvalue weighted by atomic mass is 10.3. The van der Waals surface area contributed by atoms with E-state index >= 15 is 0 Å². The van der Waals surface area contributed by atoms with Gasteiger partial charge in [0.1, 0.15) is 11.6 Å². The lowest BCUT2D eigenvalue weighted by molar-refractivity contribution is 0.746. The van der Waals surface area contributed by atoms with E-state index in [1.54, 1.807) is 6.20 Å². The van der Waals surface area contributed by atoms with E-state index in [0.717, 1.165) is 22.6 Å².